The molecule has 142 valence electrons. The average Bonchev–Trinajstić information content (AvgIpc) is 3.20. The zero-order valence-electron chi connectivity index (χ0n) is 15.4. The number of fused-ring (bicyclic) bond motifs is 3. The average molecular weight is 370 g/mol. The Morgan fingerprint density at radius 1 is 1.37 bits per heavy atom. The first-order chi connectivity index (χ1) is 13.0. The number of carbonyl (C=O) groups excluding carboxylic acids is 2. The highest BCUT2D eigenvalue weighted by molar-refractivity contribution is 6.04. The largest absolute Gasteiger partial charge is 0.489 e. The molecule has 0 radical (unpaired) electrons. The van der Waals surface area contributed by atoms with Crippen molar-refractivity contribution < 1.29 is 23.8 Å². The Bertz CT molecular complexity index is 926. The lowest BCUT2D eigenvalue weighted by Gasteiger charge is -2.18. The fourth-order valence-corrected chi connectivity index (χ4v) is 3.93. The van der Waals surface area contributed by atoms with Crippen molar-refractivity contribution in [3.63, 3.8) is 0 Å². The lowest BCUT2D eigenvalue weighted by Crippen LogP contribution is -2.24. The van der Waals surface area contributed by atoms with Gasteiger partial charge in [0.15, 0.2) is 0 Å². The summed E-state index contributed by atoms with van der Waals surface area (Å²) in [5, 5.41) is 1.64. The number of benzene rings is 1. The molecule has 0 spiro atoms. The van der Waals surface area contributed by atoms with Gasteiger partial charge in [-0.05, 0) is 30.9 Å². The van der Waals surface area contributed by atoms with Crippen LogP contribution in [0, 0.1) is 5.92 Å². The van der Waals surface area contributed by atoms with Crippen molar-refractivity contribution in [1.82, 2.24) is 4.98 Å². The third kappa shape index (κ3) is 3.07. The lowest BCUT2D eigenvalue weighted by molar-refractivity contribution is -0.142. The summed E-state index contributed by atoms with van der Waals surface area (Å²) in [6.45, 7) is 4.23. The number of esters is 1. The standard InChI is InChI=1S/C20H22N2O5/c1-3-11-8-16(23)27-15(11)9-25-20-17-12(4-5-22-20)7-14(19(21)24)18-13(17)6-10(2)26-18/h4-5,7,10-11,15H,3,6,8-9H2,1-2H3,(H2,21,24)/t10?,11-,15-/m1/s1. The van der Waals surface area contributed by atoms with Crippen LogP contribution in [0.3, 0.4) is 0 Å². The van der Waals surface area contributed by atoms with Crippen LogP contribution >= 0.6 is 0 Å². The van der Waals surface area contributed by atoms with E-state index in [9.17, 15) is 9.59 Å². The molecule has 2 N–H and O–H groups in total. The van der Waals surface area contributed by atoms with Crippen molar-refractivity contribution in [1.29, 1.82) is 0 Å². The maximum absolute atomic E-state index is 11.8. The van der Waals surface area contributed by atoms with Crippen molar-refractivity contribution in [2.45, 2.75) is 45.3 Å². The number of rotatable bonds is 5. The van der Waals surface area contributed by atoms with E-state index in [2.05, 4.69) is 4.98 Å². The Morgan fingerprint density at radius 3 is 2.93 bits per heavy atom. The maximum atomic E-state index is 11.8. The van der Waals surface area contributed by atoms with Crippen LogP contribution in [0.15, 0.2) is 18.3 Å². The Kier molecular flexibility index (Phi) is 4.37. The van der Waals surface area contributed by atoms with Crippen LogP contribution in [0.4, 0.5) is 0 Å². The van der Waals surface area contributed by atoms with Crippen molar-refractivity contribution >= 4 is 22.6 Å². The summed E-state index contributed by atoms with van der Waals surface area (Å²) in [5.74, 6) is 0.415. The van der Waals surface area contributed by atoms with Gasteiger partial charge in [-0.15, -0.1) is 0 Å². The number of hydrogen-bond donors (Lipinski definition) is 1. The van der Waals surface area contributed by atoms with Crippen molar-refractivity contribution in [2.75, 3.05) is 6.61 Å². The van der Waals surface area contributed by atoms with Crippen LogP contribution in [0.2, 0.25) is 0 Å². The van der Waals surface area contributed by atoms with Gasteiger partial charge in [-0.2, -0.15) is 0 Å². The topological polar surface area (TPSA) is 101 Å². The lowest BCUT2D eigenvalue weighted by atomic mass is 9.98. The fourth-order valence-electron chi connectivity index (χ4n) is 3.93. The summed E-state index contributed by atoms with van der Waals surface area (Å²) >= 11 is 0. The number of nitrogens with zero attached hydrogens (tertiary/aromatic N) is 1. The molecule has 3 atom stereocenters. The molecule has 1 unspecified atom stereocenters. The minimum absolute atomic E-state index is 0.0583. The van der Waals surface area contributed by atoms with Crippen LogP contribution in [-0.2, 0) is 16.0 Å². The van der Waals surface area contributed by atoms with E-state index in [0.717, 1.165) is 22.8 Å². The molecular weight excluding hydrogens is 348 g/mol. The summed E-state index contributed by atoms with van der Waals surface area (Å²) in [6.07, 6.45) is 3.23. The first kappa shape index (κ1) is 17.6. The van der Waals surface area contributed by atoms with Gasteiger partial charge in [-0.25, -0.2) is 4.98 Å². The predicted molar refractivity (Wildman–Crippen MR) is 97.8 cm³/mol. The summed E-state index contributed by atoms with van der Waals surface area (Å²) in [6, 6.07) is 3.54. The number of amides is 1. The predicted octanol–water partition coefficient (Wildman–Crippen LogP) is 2.38. The molecule has 1 amide bonds. The first-order valence-electron chi connectivity index (χ1n) is 9.21. The third-order valence-electron chi connectivity index (χ3n) is 5.29. The molecule has 1 fully saturated rings. The number of carbonyl (C=O) groups is 2. The Morgan fingerprint density at radius 2 is 2.19 bits per heavy atom. The summed E-state index contributed by atoms with van der Waals surface area (Å²) < 4.78 is 17.2. The van der Waals surface area contributed by atoms with E-state index in [4.69, 9.17) is 19.9 Å². The molecule has 1 aromatic heterocycles. The number of ether oxygens (including phenoxy) is 3. The highest BCUT2D eigenvalue weighted by atomic mass is 16.6. The summed E-state index contributed by atoms with van der Waals surface area (Å²) in [5.41, 5.74) is 6.78. The van der Waals surface area contributed by atoms with Crippen molar-refractivity contribution in [2.24, 2.45) is 11.7 Å². The zero-order valence-corrected chi connectivity index (χ0v) is 15.4. The Labute approximate surface area is 156 Å². The van der Waals surface area contributed by atoms with E-state index in [1.807, 2.05) is 19.9 Å². The van der Waals surface area contributed by atoms with Crippen LogP contribution in [0.1, 0.15) is 42.6 Å². The summed E-state index contributed by atoms with van der Waals surface area (Å²) in [7, 11) is 0. The molecule has 0 aliphatic carbocycles. The second-order valence-electron chi connectivity index (χ2n) is 7.15. The molecule has 2 aromatic rings. The zero-order chi connectivity index (χ0) is 19.1. The molecule has 7 nitrogen and oxygen atoms in total. The van der Waals surface area contributed by atoms with Gasteiger partial charge in [0, 0.05) is 24.1 Å². The molecule has 2 aliphatic heterocycles. The van der Waals surface area contributed by atoms with Crippen LogP contribution in [0.5, 0.6) is 11.6 Å². The van der Waals surface area contributed by atoms with E-state index in [0.29, 0.717) is 30.0 Å². The van der Waals surface area contributed by atoms with E-state index in [1.54, 1.807) is 12.3 Å². The molecule has 2 aliphatic rings. The minimum Gasteiger partial charge on any atom is -0.489 e. The molecule has 27 heavy (non-hydrogen) atoms. The normalized spacial score (nSPS) is 23.8. The van der Waals surface area contributed by atoms with Gasteiger partial charge < -0.3 is 19.9 Å². The molecule has 0 bridgehead atoms. The van der Waals surface area contributed by atoms with Gasteiger partial charge in [0.05, 0.1) is 17.4 Å². The molecular formula is C20H22N2O5. The van der Waals surface area contributed by atoms with E-state index >= 15 is 0 Å². The SMILES string of the molecule is CC[C@@H]1CC(=O)O[C@@H]1COc1nccc2cc(C(N)=O)c3c(c12)CC(C)O3. The van der Waals surface area contributed by atoms with Crippen molar-refractivity contribution in [3.8, 4) is 11.6 Å². The molecule has 1 saturated heterocycles. The van der Waals surface area contributed by atoms with Gasteiger partial charge in [0.2, 0.25) is 5.88 Å². The van der Waals surface area contributed by atoms with Gasteiger partial charge in [-0.1, -0.05) is 6.92 Å². The molecule has 0 saturated carbocycles. The van der Waals surface area contributed by atoms with Gasteiger partial charge in [0.25, 0.3) is 5.91 Å². The number of aromatic nitrogens is 1. The smallest absolute Gasteiger partial charge is 0.306 e. The van der Waals surface area contributed by atoms with Crippen molar-refractivity contribution in [3.05, 3.63) is 29.5 Å². The highest BCUT2D eigenvalue weighted by Gasteiger charge is 2.34. The number of nitrogens with two attached hydrogens (primary N) is 1. The number of primary amides is 1. The van der Waals surface area contributed by atoms with Gasteiger partial charge in [0.1, 0.15) is 24.6 Å². The minimum atomic E-state index is -0.523. The number of pyridine rings is 1. The quantitative estimate of drug-likeness (QED) is 0.811. The number of cyclic esters (lactones) is 1. The van der Waals surface area contributed by atoms with Gasteiger partial charge >= 0.3 is 5.97 Å². The molecule has 4 rings (SSSR count). The van der Waals surface area contributed by atoms with Crippen LogP contribution < -0.4 is 15.2 Å². The van der Waals surface area contributed by atoms with Gasteiger partial charge in [-0.3, -0.25) is 9.59 Å². The summed E-state index contributed by atoms with van der Waals surface area (Å²) in [4.78, 5) is 27.8. The Hall–Kier alpha value is -2.83. The first-order valence-corrected chi connectivity index (χ1v) is 9.21. The molecule has 1 aromatic carbocycles. The maximum Gasteiger partial charge on any atom is 0.306 e. The monoisotopic (exact) mass is 370 g/mol. The number of hydrogen-bond acceptors (Lipinski definition) is 6. The second kappa shape index (κ2) is 6.72. The Balaban J connectivity index is 1.71. The second-order valence-corrected chi connectivity index (χ2v) is 7.15. The molecule has 7 heteroatoms. The fraction of sp³-hybridized carbons (Fsp3) is 0.450. The van der Waals surface area contributed by atoms with E-state index in [1.165, 1.54) is 0 Å². The van der Waals surface area contributed by atoms with Crippen LogP contribution in [0.25, 0.3) is 10.8 Å². The van der Waals surface area contributed by atoms with E-state index < -0.39 is 5.91 Å². The third-order valence-corrected chi connectivity index (χ3v) is 5.29. The van der Waals surface area contributed by atoms with E-state index in [-0.39, 0.29) is 30.7 Å². The highest BCUT2D eigenvalue weighted by Crippen LogP contribution is 2.41. The molecule has 3 heterocycles. The van der Waals surface area contributed by atoms with Crippen LogP contribution in [-0.4, -0.2) is 35.7 Å².